The van der Waals surface area contributed by atoms with E-state index >= 15 is 0 Å². The van der Waals surface area contributed by atoms with Crippen LogP contribution in [0.3, 0.4) is 0 Å². The number of benzene rings is 2. The van der Waals surface area contributed by atoms with Crippen molar-refractivity contribution in [3.63, 3.8) is 0 Å². The van der Waals surface area contributed by atoms with Crippen molar-refractivity contribution in [2.75, 3.05) is 30.0 Å². The molecule has 0 heterocycles. The second-order valence-electron chi connectivity index (χ2n) is 6.11. The summed E-state index contributed by atoms with van der Waals surface area (Å²) in [7, 11) is 0.646. The van der Waals surface area contributed by atoms with E-state index in [1.54, 1.807) is 30.3 Å². The number of hydrogen-bond acceptors (Lipinski definition) is 4. The topological polar surface area (TPSA) is 78.5 Å². The van der Waals surface area contributed by atoms with Crippen LogP contribution in [-0.2, 0) is 21.4 Å². The highest BCUT2D eigenvalue weighted by molar-refractivity contribution is 7.92. The van der Waals surface area contributed by atoms with Crippen molar-refractivity contribution in [3.05, 3.63) is 65.7 Å². The lowest BCUT2D eigenvalue weighted by Crippen LogP contribution is -2.20. The van der Waals surface area contributed by atoms with Crippen LogP contribution in [0.15, 0.2) is 54.6 Å². The third-order valence-electron chi connectivity index (χ3n) is 3.53. The van der Waals surface area contributed by atoms with Gasteiger partial charge in [0, 0.05) is 38.1 Å². The molecule has 6 nitrogen and oxygen atoms in total. The molecule has 0 unspecified atom stereocenters. The molecule has 0 bridgehead atoms. The summed E-state index contributed by atoms with van der Waals surface area (Å²) in [6, 6.07) is 14.7. The summed E-state index contributed by atoms with van der Waals surface area (Å²) in [4.78, 5) is 14.0. The van der Waals surface area contributed by atoms with E-state index in [1.807, 2.05) is 43.3 Å². The molecular weight excluding hydrogens is 350 g/mol. The van der Waals surface area contributed by atoms with Crippen molar-refractivity contribution in [1.82, 2.24) is 5.32 Å². The molecule has 0 saturated carbocycles. The molecule has 0 fully saturated rings. The van der Waals surface area contributed by atoms with Gasteiger partial charge in [-0.25, -0.2) is 8.42 Å². The Morgan fingerprint density at radius 1 is 1.12 bits per heavy atom. The summed E-state index contributed by atoms with van der Waals surface area (Å²) >= 11 is 0. The van der Waals surface area contributed by atoms with Crippen molar-refractivity contribution >= 4 is 33.4 Å². The number of hydrogen-bond donors (Lipinski definition) is 2. The highest BCUT2D eigenvalue weighted by Gasteiger charge is 2.02. The maximum Gasteiger partial charge on any atom is 0.244 e. The minimum absolute atomic E-state index is 0.196. The van der Waals surface area contributed by atoms with Gasteiger partial charge < -0.3 is 10.2 Å². The highest BCUT2D eigenvalue weighted by Crippen LogP contribution is 2.13. The molecule has 0 spiro atoms. The number of nitrogens with zero attached hydrogens (tertiary/aromatic N) is 1. The molecular formula is C19H23N3O3S. The molecule has 26 heavy (non-hydrogen) atoms. The van der Waals surface area contributed by atoms with Crippen LogP contribution in [0, 0.1) is 0 Å². The van der Waals surface area contributed by atoms with Gasteiger partial charge in [-0.1, -0.05) is 24.3 Å². The van der Waals surface area contributed by atoms with Crippen LogP contribution in [0.25, 0.3) is 6.08 Å². The average molecular weight is 373 g/mol. The molecule has 0 aliphatic rings. The first-order valence-corrected chi connectivity index (χ1v) is 9.92. The zero-order valence-electron chi connectivity index (χ0n) is 15.1. The summed E-state index contributed by atoms with van der Waals surface area (Å²) in [6.07, 6.45) is 4.23. The van der Waals surface area contributed by atoms with E-state index in [0.717, 1.165) is 23.1 Å². The molecule has 0 aliphatic carbocycles. The quantitative estimate of drug-likeness (QED) is 0.731. The van der Waals surface area contributed by atoms with E-state index in [1.165, 1.54) is 6.08 Å². The largest absolute Gasteiger partial charge is 0.378 e. The number of sulfonamides is 1. The van der Waals surface area contributed by atoms with Gasteiger partial charge in [0.1, 0.15) is 0 Å². The molecule has 1 amide bonds. The fourth-order valence-corrected chi connectivity index (χ4v) is 2.81. The Bertz CT molecular complexity index is 889. The molecule has 0 saturated heterocycles. The zero-order valence-corrected chi connectivity index (χ0v) is 15.9. The van der Waals surface area contributed by atoms with Gasteiger partial charge in [-0.2, -0.15) is 0 Å². The van der Waals surface area contributed by atoms with Crippen molar-refractivity contribution in [3.8, 4) is 0 Å². The Hall–Kier alpha value is -2.80. The van der Waals surface area contributed by atoms with Gasteiger partial charge in [0.25, 0.3) is 0 Å². The first-order chi connectivity index (χ1) is 12.2. The maximum absolute atomic E-state index is 12.0. The Kier molecular flexibility index (Phi) is 6.41. The number of nitrogens with one attached hydrogen (secondary N) is 2. The normalized spacial score (nSPS) is 11.3. The first kappa shape index (κ1) is 19.5. The van der Waals surface area contributed by atoms with E-state index in [-0.39, 0.29) is 5.91 Å². The van der Waals surface area contributed by atoms with E-state index < -0.39 is 10.0 Å². The van der Waals surface area contributed by atoms with Crippen molar-refractivity contribution in [1.29, 1.82) is 0 Å². The molecule has 2 rings (SSSR count). The third kappa shape index (κ3) is 6.60. The minimum Gasteiger partial charge on any atom is -0.378 e. The molecule has 2 N–H and O–H groups in total. The van der Waals surface area contributed by atoms with Gasteiger partial charge in [0.05, 0.1) is 6.26 Å². The van der Waals surface area contributed by atoms with Crippen LogP contribution in [-0.4, -0.2) is 34.7 Å². The monoisotopic (exact) mass is 373 g/mol. The molecule has 0 aromatic heterocycles. The molecule has 138 valence electrons. The van der Waals surface area contributed by atoms with Gasteiger partial charge in [0.15, 0.2) is 0 Å². The van der Waals surface area contributed by atoms with Crippen LogP contribution in [0.1, 0.15) is 11.1 Å². The van der Waals surface area contributed by atoms with Gasteiger partial charge in [0.2, 0.25) is 15.9 Å². The zero-order chi connectivity index (χ0) is 19.2. The lowest BCUT2D eigenvalue weighted by atomic mass is 10.2. The van der Waals surface area contributed by atoms with E-state index in [9.17, 15) is 13.2 Å². The van der Waals surface area contributed by atoms with Crippen molar-refractivity contribution in [2.45, 2.75) is 6.54 Å². The molecule has 7 heteroatoms. The Balaban J connectivity index is 1.90. The van der Waals surface area contributed by atoms with Crippen LogP contribution < -0.4 is 14.9 Å². The summed E-state index contributed by atoms with van der Waals surface area (Å²) in [5.41, 5.74) is 3.38. The van der Waals surface area contributed by atoms with Gasteiger partial charge in [-0.15, -0.1) is 0 Å². The Morgan fingerprint density at radius 3 is 2.42 bits per heavy atom. The smallest absolute Gasteiger partial charge is 0.244 e. The van der Waals surface area contributed by atoms with Crippen LogP contribution in [0.5, 0.6) is 0 Å². The summed E-state index contributed by atoms with van der Waals surface area (Å²) in [6.45, 7) is 0.446. The molecule has 2 aromatic carbocycles. The molecule has 2 aromatic rings. The van der Waals surface area contributed by atoms with Gasteiger partial charge in [-0.05, 0) is 41.5 Å². The Morgan fingerprint density at radius 2 is 1.81 bits per heavy atom. The minimum atomic E-state index is -3.29. The van der Waals surface area contributed by atoms with E-state index in [2.05, 4.69) is 10.0 Å². The molecule has 0 atom stereocenters. The van der Waals surface area contributed by atoms with Gasteiger partial charge in [-0.3, -0.25) is 9.52 Å². The maximum atomic E-state index is 12.0. The van der Waals surface area contributed by atoms with E-state index in [4.69, 9.17) is 0 Å². The fourth-order valence-electron chi connectivity index (χ4n) is 2.24. The predicted octanol–water partition coefficient (Wildman–Crippen LogP) is 2.45. The lowest BCUT2D eigenvalue weighted by molar-refractivity contribution is -0.116. The second kappa shape index (κ2) is 8.53. The second-order valence-corrected chi connectivity index (χ2v) is 7.86. The summed E-state index contributed by atoms with van der Waals surface area (Å²) in [5.74, 6) is -0.196. The number of carbonyl (C=O) groups is 1. The summed E-state index contributed by atoms with van der Waals surface area (Å²) < 4.78 is 24.7. The number of rotatable bonds is 7. The van der Waals surface area contributed by atoms with Gasteiger partial charge >= 0.3 is 0 Å². The highest BCUT2D eigenvalue weighted by atomic mass is 32.2. The summed E-state index contributed by atoms with van der Waals surface area (Å²) in [5, 5.41) is 2.84. The van der Waals surface area contributed by atoms with Crippen molar-refractivity contribution in [2.24, 2.45) is 0 Å². The first-order valence-electron chi connectivity index (χ1n) is 8.03. The van der Waals surface area contributed by atoms with Crippen LogP contribution >= 0.6 is 0 Å². The standard InChI is InChI=1S/C19H23N3O3S/c1-22(2)18-6-4-5-16(13-18)14-20-19(23)12-9-15-7-10-17(11-8-15)21-26(3,24)25/h4-13,21H,14H2,1-3H3,(H,20,23)/b12-9+. The lowest BCUT2D eigenvalue weighted by Gasteiger charge is -2.13. The number of amides is 1. The molecule has 0 aliphatic heterocycles. The molecule has 0 radical (unpaired) electrons. The number of anilines is 2. The van der Waals surface area contributed by atoms with Crippen LogP contribution in [0.2, 0.25) is 0 Å². The Labute approximate surface area is 154 Å². The number of carbonyl (C=O) groups excluding carboxylic acids is 1. The van der Waals surface area contributed by atoms with Crippen LogP contribution in [0.4, 0.5) is 11.4 Å². The van der Waals surface area contributed by atoms with E-state index in [0.29, 0.717) is 12.2 Å². The fraction of sp³-hybridized carbons (Fsp3) is 0.211. The average Bonchev–Trinajstić information content (AvgIpc) is 2.58. The third-order valence-corrected chi connectivity index (χ3v) is 4.14. The predicted molar refractivity (Wildman–Crippen MR) is 107 cm³/mol. The SMILES string of the molecule is CN(C)c1cccc(CNC(=O)/C=C/c2ccc(NS(C)(=O)=O)cc2)c1. The van der Waals surface area contributed by atoms with Crippen molar-refractivity contribution < 1.29 is 13.2 Å².